The molecule has 0 aliphatic rings. The van der Waals surface area contributed by atoms with Crippen LogP contribution in [0.25, 0.3) is 49.1 Å². The molecule has 0 amide bonds. The molecule has 0 aliphatic heterocycles. The van der Waals surface area contributed by atoms with Gasteiger partial charge in [0.25, 0.3) is 0 Å². The van der Waals surface area contributed by atoms with Crippen molar-refractivity contribution in [2.45, 2.75) is 0 Å². The van der Waals surface area contributed by atoms with Gasteiger partial charge in [0.05, 0.1) is 16.6 Å². The largest absolute Gasteiger partial charge is 0.309 e. The topological polar surface area (TPSA) is 60.2 Å². The molecule has 0 N–H and O–H groups in total. The van der Waals surface area contributed by atoms with Gasteiger partial charge < -0.3 is 4.57 Å². The normalized spacial score (nSPS) is 13.4. The van der Waals surface area contributed by atoms with Gasteiger partial charge in [-0.2, -0.15) is 0 Å². The van der Waals surface area contributed by atoms with Crippen LogP contribution >= 0.6 is 7.14 Å². The fourth-order valence-electron chi connectivity index (χ4n) is 5.86. The molecule has 8 rings (SSSR count). The van der Waals surface area contributed by atoms with E-state index in [1.807, 2.05) is 36.4 Å². The lowest BCUT2D eigenvalue weighted by atomic mass is 9.99. The summed E-state index contributed by atoms with van der Waals surface area (Å²) >= 11 is 0. The molecule has 4 aromatic carbocycles. The number of nitrogens with zero attached hydrogens (tertiary/aromatic N) is 4. The van der Waals surface area contributed by atoms with E-state index < -0.39 is 7.14 Å². The number of hydrogen-bond acceptors (Lipinski definition) is 4. The third kappa shape index (κ3) is 3.14. The third-order valence-corrected chi connectivity index (χ3v) is 10.6. The van der Waals surface area contributed by atoms with E-state index in [2.05, 4.69) is 81.1 Å². The number of hydrogen-bond donors (Lipinski definition) is 0. The number of benzene rings is 4. The second-order valence-corrected chi connectivity index (χ2v) is 12.5. The minimum Gasteiger partial charge on any atom is -0.309 e. The van der Waals surface area contributed by atoms with E-state index in [0.717, 1.165) is 59.7 Å². The molecule has 1 atom stereocenters. The first-order chi connectivity index (χ1) is 19.2. The van der Waals surface area contributed by atoms with Gasteiger partial charge in [0.2, 0.25) is 0 Å². The number of fused-ring (bicyclic) bond motifs is 10. The highest BCUT2D eigenvalue weighted by Crippen LogP contribution is 2.43. The molecule has 1 unspecified atom stereocenters. The minimum atomic E-state index is -3.17. The Morgan fingerprint density at radius 3 is 2.23 bits per heavy atom. The van der Waals surface area contributed by atoms with Gasteiger partial charge in [0, 0.05) is 56.9 Å². The Morgan fingerprint density at radius 1 is 0.590 bits per heavy atom. The first-order valence-electron chi connectivity index (χ1n) is 12.8. The van der Waals surface area contributed by atoms with Gasteiger partial charge in [-0.15, -0.1) is 0 Å². The van der Waals surface area contributed by atoms with Crippen LogP contribution in [0.15, 0.2) is 128 Å². The summed E-state index contributed by atoms with van der Waals surface area (Å²) in [5.41, 5.74) is 4.12. The predicted molar refractivity (Wildman–Crippen MR) is 160 cm³/mol. The molecular formula is C33H21N4OP. The molecule has 184 valence electrons. The summed E-state index contributed by atoms with van der Waals surface area (Å²) in [6, 6.07) is 34.6. The zero-order valence-electron chi connectivity index (χ0n) is 20.8. The SMILES string of the molecule is O=P(c1ccncc1)(c1cccnc1)c1ccc2c(ccc3c2c2ccccc2n2c4ccccc4nc32)c1. The van der Waals surface area contributed by atoms with Gasteiger partial charge >= 0.3 is 0 Å². The zero-order valence-corrected chi connectivity index (χ0v) is 21.7. The number of imidazole rings is 1. The summed E-state index contributed by atoms with van der Waals surface area (Å²) in [6.45, 7) is 0. The van der Waals surface area contributed by atoms with Crippen LogP contribution in [0.2, 0.25) is 0 Å². The summed E-state index contributed by atoms with van der Waals surface area (Å²) in [6.07, 6.45) is 6.80. The van der Waals surface area contributed by atoms with Crippen molar-refractivity contribution < 1.29 is 4.57 Å². The molecule has 6 heteroatoms. The Hall–Kier alpha value is -4.86. The standard InChI is InChI=1S/C33H21N4OP/c38-39(23-15-18-34-19-16-23,25-6-5-17-35-21-25)24-12-14-26-22(20-24)11-13-28-32(26)27-7-1-3-9-30(27)37-31-10-4-2-8-29(31)36-33(28)37/h1-21H. The van der Waals surface area contributed by atoms with Gasteiger partial charge in [0.15, 0.2) is 7.14 Å². The van der Waals surface area contributed by atoms with Crippen LogP contribution in [0.4, 0.5) is 0 Å². The smallest absolute Gasteiger partial charge is 0.172 e. The zero-order chi connectivity index (χ0) is 26.0. The van der Waals surface area contributed by atoms with Crippen molar-refractivity contribution >= 4 is 72.2 Å². The number of pyridine rings is 3. The van der Waals surface area contributed by atoms with Crippen LogP contribution in [-0.4, -0.2) is 19.4 Å². The lowest BCUT2D eigenvalue weighted by Gasteiger charge is -2.20. The van der Waals surface area contributed by atoms with Crippen LogP contribution in [-0.2, 0) is 4.57 Å². The lowest BCUT2D eigenvalue weighted by Crippen LogP contribution is -2.25. The number of aromatic nitrogens is 4. The molecule has 39 heavy (non-hydrogen) atoms. The average molecular weight is 521 g/mol. The van der Waals surface area contributed by atoms with E-state index >= 15 is 0 Å². The van der Waals surface area contributed by atoms with Gasteiger partial charge in [-0.05, 0) is 65.4 Å². The number of para-hydroxylation sites is 3. The lowest BCUT2D eigenvalue weighted by molar-refractivity contribution is 0.592. The van der Waals surface area contributed by atoms with Crippen molar-refractivity contribution in [2.24, 2.45) is 0 Å². The van der Waals surface area contributed by atoms with Crippen molar-refractivity contribution in [3.05, 3.63) is 128 Å². The Bertz CT molecular complexity index is 2220. The second kappa shape index (κ2) is 8.32. The highest BCUT2D eigenvalue weighted by molar-refractivity contribution is 7.85. The maximum Gasteiger partial charge on any atom is 0.172 e. The molecule has 8 aromatic rings. The van der Waals surface area contributed by atoms with Crippen molar-refractivity contribution in [1.29, 1.82) is 0 Å². The van der Waals surface area contributed by atoms with E-state index in [4.69, 9.17) is 4.98 Å². The van der Waals surface area contributed by atoms with Crippen molar-refractivity contribution in [1.82, 2.24) is 19.4 Å². The maximum atomic E-state index is 14.9. The van der Waals surface area contributed by atoms with Crippen LogP contribution < -0.4 is 15.9 Å². The number of rotatable bonds is 3. The van der Waals surface area contributed by atoms with Gasteiger partial charge in [-0.1, -0.05) is 48.5 Å². The Morgan fingerprint density at radius 2 is 1.38 bits per heavy atom. The first kappa shape index (κ1) is 22.2. The predicted octanol–water partition coefficient (Wildman–Crippen LogP) is 6.38. The first-order valence-corrected chi connectivity index (χ1v) is 14.5. The molecule has 0 aliphatic carbocycles. The van der Waals surface area contributed by atoms with E-state index in [-0.39, 0.29) is 0 Å². The molecule has 5 nitrogen and oxygen atoms in total. The van der Waals surface area contributed by atoms with E-state index in [1.165, 1.54) is 0 Å². The summed E-state index contributed by atoms with van der Waals surface area (Å²) in [5, 5.41) is 7.75. The van der Waals surface area contributed by atoms with Crippen LogP contribution in [0.3, 0.4) is 0 Å². The maximum absolute atomic E-state index is 14.9. The second-order valence-electron chi connectivity index (χ2n) is 9.70. The Balaban J connectivity index is 1.47. The quantitative estimate of drug-likeness (QED) is 0.201. The van der Waals surface area contributed by atoms with E-state index in [9.17, 15) is 4.57 Å². The van der Waals surface area contributed by atoms with Gasteiger partial charge in [-0.3, -0.25) is 14.4 Å². The minimum absolute atomic E-state index is 0.701. The Labute approximate surface area is 223 Å². The molecular weight excluding hydrogens is 499 g/mol. The van der Waals surface area contributed by atoms with E-state index in [0.29, 0.717) is 5.30 Å². The van der Waals surface area contributed by atoms with Crippen LogP contribution in [0, 0.1) is 0 Å². The monoisotopic (exact) mass is 520 g/mol. The fraction of sp³-hybridized carbons (Fsp3) is 0. The van der Waals surface area contributed by atoms with Crippen molar-refractivity contribution in [2.75, 3.05) is 0 Å². The molecule has 0 bridgehead atoms. The highest BCUT2D eigenvalue weighted by atomic mass is 31.2. The van der Waals surface area contributed by atoms with E-state index in [1.54, 1.807) is 24.8 Å². The summed E-state index contributed by atoms with van der Waals surface area (Å²) in [4.78, 5) is 13.5. The summed E-state index contributed by atoms with van der Waals surface area (Å²) in [5.74, 6) is 0. The molecule has 0 radical (unpaired) electrons. The Kier molecular flexibility index (Phi) is 4.73. The highest BCUT2D eigenvalue weighted by Gasteiger charge is 2.30. The fourth-order valence-corrected chi connectivity index (χ4v) is 8.44. The molecule has 4 heterocycles. The van der Waals surface area contributed by atoms with Gasteiger partial charge in [-0.25, -0.2) is 4.98 Å². The van der Waals surface area contributed by atoms with Crippen molar-refractivity contribution in [3.63, 3.8) is 0 Å². The third-order valence-electron chi connectivity index (χ3n) is 7.62. The molecule has 4 aromatic heterocycles. The van der Waals surface area contributed by atoms with Crippen molar-refractivity contribution in [3.8, 4) is 0 Å². The summed E-state index contributed by atoms with van der Waals surface area (Å²) in [7, 11) is -3.17. The van der Waals surface area contributed by atoms with Crippen LogP contribution in [0.5, 0.6) is 0 Å². The summed E-state index contributed by atoms with van der Waals surface area (Å²) < 4.78 is 17.2. The average Bonchev–Trinajstić information content (AvgIpc) is 3.41. The van der Waals surface area contributed by atoms with Crippen LogP contribution in [0.1, 0.15) is 0 Å². The van der Waals surface area contributed by atoms with Gasteiger partial charge in [0.1, 0.15) is 5.65 Å². The molecule has 0 fully saturated rings. The molecule has 0 saturated carbocycles. The molecule has 0 spiro atoms. The molecule has 0 saturated heterocycles.